The fraction of sp³-hybridized carbons (Fsp3) is 0.565. The lowest BCUT2D eigenvalue weighted by atomic mass is 9.99. The van der Waals surface area contributed by atoms with Gasteiger partial charge in [-0.05, 0) is 58.2 Å². The zero-order valence-electron chi connectivity index (χ0n) is 19.8. The number of benzene rings is 1. The zero-order valence-corrected chi connectivity index (χ0v) is 21.5. The van der Waals surface area contributed by atoms with Crippen molar-refractivity contribution in [3.8, 4) is 0 Å². The molecule has 0 bridgehead atoms. The van der Waals surface area contributed by atoms with Crippen LogP contribution in [-0.4, -0.2) is 49.6 Å². The van der Waals surface area contributed by atoms with E-state index < -0.39 is 21.6 Å². The van der Waals surface area contributed by atoms with E-state index in [1.165, 1.54) is 6.26 Å². The fourth-order valence-electron chi connectivity index (χ4n) is 3.54. The quantitative estimate of drug-likeness (QED) is 0.563. The zero-order chi connectivity index (χ0) is 24.2. The van der Waals surface area contributed by atoms with Crippen LogP contribution in [-0.2, 0) is 26.0 Å². The molecule has 1 unspecified atom stereocenters. The van der Waals surface area contributed by atoms with Gasteiger partial charge in [0.05, 0.1) is 15.6 Å². The highest BCUT2D eigenvalue weighted by atomic mass is 32.2. The summed E-state index contributed by atoms with van der Waals surface area (Å²) in [5.41, 5.74) is 1.44. The molecule has 0 amide bonds. The van der Waals surface area contributed by atoms with Crippen LogP contribution in [0.3, 0.4) is 0 Å². The largest absolute Gasteiger partial charge is 0.528 e. The van der Waals surface area contributed by atoms with E-state index in [0.29, 0.717) is 30.4 Å². The lowest BCUT2D eigenvalue weighted by Gasteiger charge is -2.30. The van der Waals surface area contributed by atoms with Gasteiger partial charge in [0.2, 0.25) is 0 Å². The van der Waals surface area contributed by atoms with Crippen LogP contribution in [0.1, 0.15) is 68.8 Å². The molecule has 0 radical (unpaired) electrons. The van der Waals surface area contributed by atoms with Gasteiger partial charge >= 0.3 is 6.16 Å². The van der Waals surface area contributed by atoms with Crippen LogP contribution >= 0.6 is 11.3 Å². The number of piperidine rings is 1. The molecule has 10 heteroatoms. The second-order valence-corrected chi connectivity index (χ2v) is 12.3. The number of thiazole rings is 1. The molecule has 1 aromatic carbocycles. The highest BCUT2D eigenvalue weighted by molar-refractivity contribution is 7.90. The minimum atomic E-state index is -3.19. The Morgan fingerprint density at radius 3 is 2.45 bits per heavy atom. The van der Waals surface area contributed by atoms with Gasteiger partial charge in [-0.3, -0.25) is 0 Å². The molecule has 0 saturated carbocycles. The number of rotatable bonds is 7. The van der Waals surface area contributed by atoms with Crippen molar-refractivity contribution in [1.29, 1.82) is 0 Å². The summed E-state index contributed by atoms with van der Waals surface area (Å²) in [7, 11) is -3.19. The molecule has 1 saturated heterocycles. The van der Waals surface area contributed by atoms with Crippen molar-refractivity contribution >= 4 is 27.3 Å². The van der Waals surface area contributed by atoms with Gasteiger partial charge in [0, 0.05) is 43.2 Å². The van der Waals surface area contributed by atoms with E-state index in [9.17, 15) is 13.2 Å². The Morgan fingerprint density at radius 1 is 1.24 bits per heavy atom. The molecule has 0 aliphatic carbocycles. The second-order valence-electron chi connectivity index (χ2n) is 9.38. The minimum Gasteiger partial charge on any atom is -0.427 e. The van der Waals surface area contributed by atoms with E-state index in [0.717, 1.165) is 29.1 Å². The molecule has 33 heavy (non-hydrogen) atoms. The smallest absolute Gasteiger partial charge is 0.427 e. The topological polar surface area (TPSA) is 97.8 Å². The maximum absolute atomic E-state index is 11.8. The number of hydrogen-bond acceptors (Lipinski definition) is 9. The molecule has 3 rings (SSSR count). The third-order valence-electron chi connectivity index (χ3n) is 5.36. The van der Waals surface area contributed by atoms with Crippen molar-refractivity contribution in [2.24, 2.45) is 0 Å². The van der Waals surface area contributed by atoms with Crippen LogP contribution < -0.4 is 5.32 Å². The Kier molecular flexibility index (Phi) is 8.15. The van der Waals surface area contributed by atoms with Crippen molar-refractivity contribution in [2.45, 2.75) is 69.5 Å². The third-order valence-corrected chi connectivity index (χ3v) is 7.55. The molecule has 182 valence electrons. The molecule has 1 atom stereocenters. The SMILES string of the molecule is CC(NCc1csc(C2CCN(OC(=O)OC(C)(C)C)CC2)n1)c1ccc(S(C)(=O)=O)cc1. The first-order valence-corrected chi connectivity index (χ1v) is 13.8. The average molecular weight is 496 g/mol. The van der Waals surface area contributed by atoms with Crippen LogP contribution in [0.15, 0.2) is 34.5 Å². The number of ether oxygens (including phenoxy) is 1. The van der Waals surface area contributed by atoms with E-state index >= 15 is 0 Å². The van der Waals surface area contributed by atoms with Gasteiger partial charge in [-0.1, -0.05) is 12.1 Å². The normalized spacial score (nSPS) is 17.0. The standard InChI is InChI=1S/C23H33N3O5S2/c1-16(17-6-8-20(9-7-17)33(5,28)29)24-14-19-15-32-21(25-19)18-10-12-26(13-11-18)31-22(27)30-23(2,3)4/h6-9,15-16,18,24H,10-14H2,1-5H3. The Balaban J connectivity index is 1.46. The predicted octanol–water partition coefficient (Wildman–Crippen LogP) is 4.44. The first-order chi connectivity index (χ1) is 15.4. The predicted molar refractivity (Wildman–Crippen MR) is 128 cm³/mol. The van der Waals surface area contributed by atoms with Crippen molar-refractivity contribution in [2.75, 3.05) is 19.3 Å². The summed E-state index contributed by atoms with van der Waals surface area (Å²) in [5.74, 6) is 0.350. The summed E-state index contributed by atoms with van der Waals surface area (Å²) >= 11 is 1.66. The molecule has 2 aromatic rings. The summed E-state index contributed by atoms with van der Waals surface area (Å²) in [6.45, 7) is 9.41. The van der Waals surface area contributed by atoms with Crippen LogP contribution in [0.4, 0.5) is 4.79 Å². The molecule has 1 aromatic heterocycles. The molecule has 2 heterocycles. The maximum atomic E-state index is 11.8. The number of carbonyl (C=O) groups excluding carboxylic acids is 1. The van der Waals surface area contributed by atoms with Crippen LogP contribution in [0, 0.1) is 0 Å². The number of hydroxylamine groups is 2. The minimum absolute atomic E-state index is 0.0667. The van der Waals surface area contributed by atoms with Crippen LogP contribution in [0.25, 0.3) is 0 Å². The lowest BCUT2D eigenvalue weighted by Crippen LogP contribution is -2.37. The van der Waals surface area contributed by atoms with Gasteiger partial charge in [0.25, 0.3) is 0 Å². The average Bonchev–Trinajstić information content (AvgIpc) is 3.19. The number of nitrogens with one attached hydrogen (secondary N) is 1. The van der Waals surface area contributed by atoms with E-state index in [1.54, 1.807) is 28.5 Å². The Bertz CT molecular complexity index is 1040. The number of hydrogen-bond donors (Lipinski definition) is 1. The van der Waals surface area contributed by atoms with Gasteiger partial charge in [0.15, 0.2) is 9.84 Å². The summed E-state index contributed by atoms with van der Waals surface area (Å²) in [6, 6.07) is 7.03. The summed E-state index contributed by atoms with van der Waals surface area (Å²) in [6.07, 6.45) is 2.28. The van der Waals surface area contributed by atoms with Crippen molar-refractivity contribution in [1.82, 2.24) is 15.4 Å². The molecule has 1 aliphatic rings. The summed E-state index contributed by atoms with van der Waals surface area (Å²) < 4.78 is 28.4. The van der Waals surface area contributed by atoms with Gasteiger partial charge in [-0.25, -0.2) is 18.2 Å². The van der Waals surface area contributed by atoms with Crippen LogP contribution in [0.2, 0.25) is 0 Å². The van der Waals surface area contributed by atoms with Crippen molar-refractivity contribution < 1.29 is 22.8 Å². The summed E-state index contributed by atoms with van der Waals surface area (Å²) in [4.78, 5) is 22.3. The van der Waals surface area contributed by atoms with E-state index in [-0.39, 0.29) is 6.04 Å². The highest BCUT2D eigenvalue weighted by Crippen LogP contribution is 2.30. The van der Waals surface area contributed by atoms with Gasteiger partial charge in [0.1, 0.15) is 5.60 Å². The van der Waals surface area contributed by atoms with E-state index in [2.05, 4.69) is 10.7 Å². The fourth-order valence-corrected chi connectivity index (χ4v) is 5.16. The molecular weight excluding hydrogens is 462 g/mol. The van der Waals surface area contributed by atoms with E-state index in [1.807, 2.05) is 39.8 Å². The van der Waals surface area contributed by atoms with E-state index in [4.69, 9.17) is 14.6 Å². The first-order valence-electron chi connectivity index (χ1n) is 11.0. The highest BCUT2D eigenvalue weighted by Gasteiger charge is 2.27. The first kappa shape index (κ1) is 25.6. The number of sulfone groups is 1. The third kappa shape index (κ3) is 7.77. The Hall–Kier alpha value is -2.01. The monoisotopic (exact) mass is 495 g/mol. The van der Waals surface area contributed by atoms with Crippen LogP contribution in [0.5, 0.6) is 0 Å². The maximum Gasteiger partial charge on any atom is 0.528 e. The number of aromatic nitrogens is 1. The van der Waals surface area contributed by atoms with Gasteiger partial charge in [-0.15, -0.1) is 16.4 Å². The van der Waals surface area contributed by atoms with Gasteiger partial charge in [-0.2, -0.15) is 0 Å². The second kappa shape index (κ2) is 10.5. The lowest BCUT2D eigenvalue weighted by molar-refractivity contribution is -0.152. The number of nitrogens with zero attached hydrogens (tertiary/aromatic N) is 2. The molecule has 8 nitrogen and oxygen atoms in total. The van der Waals surface area contributed by atoms with Crippen molar-refractivity contribution in [3.63, 3.8) is 0 Å². The molecule has 1 fully saturated rings. The molecule has 0 spiro atoms. The molecule has 1 N–H and O–H groups in total. The summed E-state index contributed by atoms with van der Waals surface area (Å²) in [5, 5.41) is 8.30. The van der Waals surface area contributed by atoms with Gasteiger partial charge < -0.3 is 14.9 Å². The Morgan fingerprint density at radius 2 is 1.88 bits per heavy atom. The molecule has 1 aliphatic heterocycles. The Labute approximate surface area is 200 Å². The molecular formula is C23H33N3O5S2. The van der Waals surface area contributed by atoms with Crippen molar-refractivity contribution in [3.05, 3.63) is 45.9 Å². The number of carbonyl (C=O) groups is 1.